The van der Waals surface area contributed by atoms with E-state index in [2.05, 4.69) is 39.7 Å². The van der Waals surface area contributed by atoms with Crippen molar-refractivity contribution in [2.45, 2.75) is 147 Å². The number of aliphatic hydroxyl groups is 2. The summed E-state index contributed by atoms with van der Waals surface area (Å²) in [6, 6.07) is 3.84. The number of rotatable bonds is 14. The van der Waals surface area contributed by atoms with Gasteiger partial charge in [-0.25, -0.2) is 0 Å². The number of anilines is 1. The van der Waals surface area contributed by atoms with Gasteiger partial charge < -0.3 is 38.8 Å². The van der Waals surface area contributed by atoms with Gasteiger partial charge in [0.1, 0.15) is 5.76 Å². The highest BCUT2D eigenvalue weighted by Crippen LogP contribution is 2.28. The molecule has 14 nitrogen and oxygen atoms in total. The van der Waals surface area contributed by atoms with Crippen molar-refractivity contribution in [1.29, 1.82) is 0 Å². The van der Waals surface area contributed by atoms with Gasteiger partial charge in [0.2, 0.25) is 11.8 Å². The fraction of sp³-hybridized carbons (Fsp3) is 0.789. The summed E-state index contributed by atoms with van der Waals surface area (Å²) < 4.78 is 27.6. The molecule has 0 aliphatic carbocycles. The number of piperidine rings is 1. The van der Waals surface area contributed by atoms with Crippen molar-refractivity contribution in [3.63, 3.8) is 0 Å². The summed E-state index contributed by atoms with van der Waals surface area (Å²) in [7, 11) is 0. The molecular formula is C38H63N5O9. The molecule has 3 saturated heterocycles. The number of amides is 1. The fourth-order valence-electron chi connectivity index (χ4n) is 6.31. The van der Waals surface area contributed by atoms with Crippen LogP contribution >= 0.6 is 0 Å². The molecule has 5 rings (SSSR count). The van der Waals surface area contributed by atoms with Crippen molar-refractivity contribution in [3.05, 3.63) is 29.3 Å². The topological polar surface area (TPSA) is 182 Å². The first-order valence-electron chi connectivity index (χ1n) is 18.8. The van der Waals surface area contributed by atoms with Gasteiger partial charge in [-0.3, -0.25) is 19.8 Å². The number of aromatic nitrogens is 2. The van der Waals surface area contributed by atoms with Crippen LogP contribution in [-0.4, -0.2) is 113 Å². The second-order valence-corrected chi connectivity index (χ2v) is 16.8. The molecule has 3 fully saturated rings. The average molecular weight is 734 g/mol. The Balaban J connectivity index is 0.000000239. The zero-order valence-electron chi connectivity index (χ0n) is 32.6. The van der Waals surface area contributed by atoms with Crippen LogP contribution in [-0.2, 0) is 41.1 Å². The molecule has 14 heteroatoms. The number of ether oxygens (including phenoxy) is 3. The number of carbonyl (C=O) groups is 2. The molecule has 0 aromatic carbocycles. The molecule has 52 heavy (non-hydrogen) atoms. The number of nitrogens with zero attached hydrogens (tertiary/aromatic N) is 3. The van der Waals surface area contributed by atoms with Gasteiger partial charge in [-0.1, -0.05) is 38.0 Å². The van der Waals surface area contributed by atoms with E-state index < -0.39 is 16.5 Å². The predicted molar refractivity (Wildman–Crippen MR) is 195 cm³/mol. The Bertz CT molecular complexity index is 1420. The zero-order chi connectivity index (χ0) is 38.2. The van der Waals surface area contributed by atoms with Crippen molar-refractivity contribution < 1.29 is 43.1 Å². The number of likely N-dealkylation sites (tertiary alicyclic amines) is 1. The van der Waals surface area contributed by atoms with Gasteiger partial charge in [-0.15, -0.1) is 0 Å². The van der Waals surface area contributed by atoms with Gasteiger partial charge in [0.05, 0.1) is 48.2 Å². The first-order valence-corrected chi connectivity index (χ1v) is 18.8. The number of aliphatic hydroxyl groups excluding tert-OH is 2. The quantitative estimate of drug-likeness (QED) is 0.216. The van der Waals surface area contributed by atoms with Crippen molar-refractivity contribution in [1.82, 2.24) is 20.5 Å². The number of hydrogen-bond acceptors (Lipinski definition) is 13. The van der Waals surface area contributed by atoms with Crippen molar-refractivity contribution in [3.8, 4) is 0 Å². The van der Waals surface area contributed by atoms with E-state index in [-0.39, 0.29) is 48.4 Å². The van der Waals surface area contributed by atoms with Gasteiger partial charge in [0, 0.05) is 61.9 Å². The number of carbonyl (C=O) groups excluding carboxylic acids is 2. The minimum Gasteiger partial charge on any atom is -0.395 e. The zero-order valence-corrected chi connectivity index (χ0v) is 32.6. The normalized spacial score (nSPS) is 20.3. The lowest BCUT2D eigenvalue weighted by atomic mass is 9.89. The number of hydrogen-bond donors (Lipinski definition) is 4. The summed E-state index contributed by atoms with van der Waals surface area (Å²) in [6.45, 7) is 19.5. The van der Waals surface area contributed by atoms with E-state index >= 15 is 0 Å². The summed E-state index contributed by atoms with van der Waals surface area (Å²) in [5, 5.41) is 33.3. The van der Waals surface area contributed by atoms with E-state index in [9.17, 15) is 19.8 Å². The van der Waals surface area contributed by atoms with Gasteiger partial charge in [-0.05, 0) is 72.6 Å². The molecule has 0 bridgehead atoms. The van der Waals surface area contributed by atoms with Crippen LogP contribution < -0.4 is 10.6 Å². The minimum absolute atomic E-state index is 0.0610. The Morgan fingerprint density at radius 2 is 1.54 bits per heavy atom. The molecule has 2 aromatic rings. The molecular weight excluding hydrogens is 670 g/mol. The first kappa shape index (κ1) is 42.0. The molecule has 1 atom stereocenters. The number of ketones is 1. The predicted octanol–water partition coefficient (Wildman–Crippen LogP) is 4.27. The SMILES string of the molecule is CC(C)(CO)c1cc(NC(=O)C(C)(C)N2CCC(O)CC2)on1.CC(C)(NC1CCOCC1)C(=O)Cc1cc(C(C)(C)COC2CCCCO2)no1. The largest absolute Gasteiger partial charge is 0.395 e. The Morgan fingerprint density at radius 3 is 2.17 bits per heavy atom. The monoisotopic (exact) mass is 733 g/mol. The van der Waals surface area contributed by atoms with Crippen molar-refractivity contribution in [2.24, 2.45) is 0 Å². The summed E-state index contributed by atoms with van der Waals surface area (Å²) in [4.78, 5) is 27.5. The minimum atomic E-state index is -0.709. The summed E-state index contributed by atoms with van der Waals surface area (Å²) in [6.07, 6.45) is 6.20. The van der Waals surface area contributed by atoms with E-state index in [4.69, 9.17) is 23.3 Å². The van der Waals surface area contributed by atoms with Crippen LogP contribution in [0.2, 0.25) is 0 Å². The molecule has 0 radical (unpaired) electrons. The third-order valence-electron chi connectivity index (χ3n) is 10.5. The third-order valence-corrected chi connectivity index (χ3v) is 10.5. The lowest BCUT2D eigenvalue weighted by Gasteiger charge is -2.40. The van der Waals surface area contributed by atoms with Crippen molar-refractivity contribution >= 4 is 17.6 Å². The van der Waals surface area contributed by atoms with E-state index in [1.54, 1.807) is 6.07 Å². The summed E-state index contributed by atoms with van der Waals surface area (Å²) >= 11 is 0. The summed E-state index contributed by atoms with van der Waals surface area (Å²) in [5.41, 5.74) is -0.779. The van der Waals surface area contributed by atoms with Gasteiger partial charge >= 0.3 is 0 Å². The van der Waals surface area contributed by atoms with Crippen LogP contribution in [0.15, 0.2) is 21.2 Å². The third kappa shape index (κ3) is 11.6. The van der Waals surface area contributed by atoms with Crippen LogP contribution in [0.4, 0.5) is 5.88 Å². The lowest BCUT2D eigenvalue weighted by Crippen LogP contribution is -2.55. The summed E-state index contributed by atoms with van der Waals surface area (Å²) in [5.74, 6) is 0.778. The molecule has 294 valence electrons. The fourth-order valence-corrected chi connectivity index (χ4v) is 6.31. The number of Topliss-reactive ketones (excluding diaryl/α,β-unsaturated/α-hetero) is 1. The Labute approximate surface area is 308 Å². The second kappa shape index (κ2) is 18.1. The molecule has 3 aliphatic heterocycles. The van der Waals surface area contributed by atoms with Gasteiger partial charge in [0.15, 0.2) is 12.1 Å². The average Bonchev–Trinajstić information content (AvgIpc) is 3.80. The van der Waals surface area contributed by atoms with Crippen LogP contribution in [0.3, 0.4) is 0 Å². The highest BCUT2D eigenvalue weighted by atomic mass is 16.7. The highest BCUT2D eigenvalue weighted by molar-refractivity contribution is 5.96. The first-order chi connectivity index (χ1) is 24.4. The second-order valence-electron chi connectivity index (χ2n) is 16.8. The van der Waals surface area contributed by atoms with Crippen LogP contribution in [0.25, 0.3) is 0 Å². The molecule has 0 saturated carbocycles. The maximum atomic E-state index is 12.9. The van der Waals surface area contributed by atoms with Crippen molar-refractivity contribution in [2.75, 3.05) is 51.4 Å². The Kier molecular flexibility index (Phi) is 14.6. The number of nitrogens with one attached hydrogen (secondary N) is 2. The maximum Gasteiger partial charge on any atom is 0.246 e. The lowest BCUT2D eigenvalue weighted by molar-refractivity contribution is -0.170. The van der Waals surface area contributed by atoms with Gasteiger partial charge in [0.25, 0.3) is 0 Å². The molecule has 1 amide bonds. The van der Waals surface area contributed by atoms with E-state index in [0.717, 1.165) is 57.6 Å². The molecule has 4 N–H and O–H groups in total. The van der Waals surface area contributed by atoms with E-state index in [1.165, 1.54) is 0 Å². The van der Waals surface area contributed by atoms with Crippen LogP contribution in [0.1, 0.15) is 117 Å². The van der Waals surface area contributed by atoms with Gasteiger partial charge in [-0.2, -0.15) is 0 Å². The smallest absolute Gasteiger partial charge is 0.246 e. The molecule has 3 aliphatic rings. The molecule has 0 spiro atoms. The standard InChI is InChI=1S/C22H36N2O5.C16H27N3O4/c1-21(2,15-28-20-7-5-6-10-27-20)18-13-17(29-24-18)14-19(25)22(3,4)23-16-8-11-26-12-9-16;1-15(2,10-20)12-9-13(23-18-12)17-14(22)16(3,4)19-7-5-11(21)6-8-19/h13,16,20,23H,5-12,14-15H2,1-4H3;9,11,20-21H,5-8,10H2,1-4H3,(H,17,22). The van der Waals surface area contributed by atoms with Crippen LogP contribution in [0, 0.1) is 0 Å². The maximum absolute atomic E-state index is 12.9. The van der Waals surface area contributed by atoms with E-state index in [0.29, 0.717) is 50.0 Å². The molecule has 2 aromatic heterocycles. The molecule has 1 unspecified atom stereocenters. The molecule has 5 heterocycles. The van der Waals surface area contributed by atoms with E-state index in [1.807, 2.05) is 47.6 Å². The Morgan fingerprint density at radius 1 is 0.885 bits per heavy atom. The highest BCUT2D eigenvalue weighted by Gasteiger charge is 2.38. The van der Waals surface area contributed by atoms with Crippen LogP contribution in [0.5, 0.6) is 0 Å². The Hall–Kier alpha value is -2.72.